The Morgan fingerprint density at radius 2 is 2.24 bits per heavy atom. The molecule has 1 aromatic rings. The van der Waals surface area contributed by atoms with Crippen LogP contribution in [0.4, 0.5) is 4.39 Å². The first-order valence-corrected chi connectivity index (χ1v) is 6.61. The molecule has 0 amide bonds. The first-order valence-electron chi connectivity index (χ1n) is 6.23. The largest absolute Gasteiger partial charge is 0.389 e. The highest BCUT2D eigenvalue weighted by atomic mass is 35.5. The van der Waals surface area contributed by atoms with Crippen LogP contribution in [0.3, 0.4) is 0 Å². The number of hydrogen-bond donors (Lipinski definition) is 1. The third kappa shape index (κ3) is 1.98. The number of benzene rings is 1. The molecule has 1 N–H and O–H groups in total. The molecular formula is C14H16ClFO. The van der Waals surface area contributed by atoms with Crippen molar-refractivity contribution in [3.05, 3.63) is 34.6 Å². The fourth-order valence-electron chi connectivity index (χ4n) is 3.63. The molecule has 0 saturated heterocycles. The molecule has 2 aliphatic carbocycles. The molecule has 3 heteroatoms. The highest BCUT2D eigenvalue weighted by molar-refractivity contribution is 6.30. The Kier molecular flexibility index (Phi) is 2.68. The quantitative estimate of drug-likeness (QED) is 0.856. The maximum Gasteiger partial charge on any atom is 0.127 e. The fraction of sp³-hybridized carbons (Fsp3) is 0.571. The summed E-state index contributed by atoms with van der Waals surface area (Å²) in [5.74, 6) is 0.719. The SMILES string of the molecule is OC1(Cc2ccc(Cl)cc2F)CC2CCC1C2. The van der Waals surface area contributed by atoms with E-state index in [0.29, 0.717) is 28.8 Å². The van der Waals surface area contributed by atoms with E-state index in [1.54, 1.807) is 12.1 Å². The number of hydrogen-bond acceptors (Lipinski definition) is 1. The van der Waals surface area contributed by atoms with Crippen LogP contribution < -0.4 is 0 Å². The normalized spacial score (nSPS) is 35.5. The summed E-state index contributed by atoms with van der Waals surface area (Å²) in [6, 6.07) is 4.71. The van der Waals surface area contributed by atoms with Crippen molar-refractivity contribution < 1.29 is 9.50 Å². The molecule has 92 valence electrons. The van der Waals surface area contributed by atoms with Crippen molar-refractivity contribution >= 4 is 11.6 Å². The van der Waals surface area contributed by atoms with Gasteiger partial charge in [-0.3, -0.25) is 0 Å². The highest BCUT2D eigenvalue weighted by Crippen LogP contribution is 2.52. The molecule has 0 aliphatic heterocycles. The molecule has 1 aromatic carbocycles. The molecule has 2 fully saturated rings. The molecule has 17 heavy (non-hydrogen) atoms. The summed E-state index contributed by atoms with van der Waals surface area (Å²) >= 11 is 5.73. The fourth-order valence-corrected chi connectivity index (χ4v) is 3.79. The van der Waals surface area contributed by atoms with Gasteiger partial charge in [0.05, 0.1) is 5.60 Å². The second-order valence-electron chi connectivity index (χ2n) is 5.60. The van der Waals surface area contributed by atoms with E-state index in [0.717, 1.165) is 19.3 Å². The van der Waals surface area contributed by atoms with Crippen molar-refractivity contribution in [3.8, 4) is 0 Å². The second kappa shape index (κ2) is 3.96. The third-order valence-electron chi connectivity index (χ3n) is 4.45. The van der Waals surface area contributed by atoms with Gasteiger partial charge in [0.1, 0.15) is 5.82 Å². The number of aliphatic hydroxyl groups is 1. The van der Waals surface area contributed by atoms with Gasteiger partial charge in [0.15, 0.2) is 0 Å². The van der Waals surface area contributed by atoms with Gasteiger partial charge in [-0.15, -0.1) is 0 Å². The van der Waals surface area contributed by atoms with Crippen LogP contribution in [0, 0.1) is 17.7 Å². The molecule has 3 atom stereocenters. The van der Waals surface area contributed by atoms with Crippen molar-refractivity contribution in [1.82, 2.24) is 0 Å². The van der Waals surface area contributed by atoms with Crippen molar-refractivity contribution in [1.29, 1.82) is 0 Å². The van der Waals surface area contributed by atoms with Crippen LogP contribution in [0.25, 0.3) is 0 Å². The summed E-state index contributed by atoms with van der Waals surface area (Å²) in [5.41, 5.74) is -0.0955. The average Bonchev–Trinajstić information content (AvgIpc) is 2.82. The van der Waals surface area contributed by atoms with Gasteiger partial charge < -0.3 is 5.11 Å². The minimum absolute atomic E-state index is 0.298. The maximum absolute atomic E-state index is 13.7. The van der Waals surface area contributed by atoms with Crippen LogP contribution in [0.5, 0.6) is 0 Å². The van der Waals surface area contributed by atoms with Gasteiger partial charge in [-0.05, 0) is 55.2 Å². The van der Waals surface area contributed by atoms with Gasteiger partial charge in [-0.2, -0.15) is 0 Å². The third-order valence-corrected chi connectivity index (χ3v) is 4.69. The lowest BCUT2D eigenvalue weighted by atomic mass is 9.80. The lowest BCUT2D eigenvalue weighted by Gasteiger charge is -2.32. The summed E-state index contributed by atoms with van der Waals surface area (Å²) in [6.45, 7) is 0. The molecular weight excluding hydrogens is 239 g/mol. The van der Waals surface area contributed by atoms with Gasteiger partial charge >= 0.3 is 0 Å². The Labute approximate surface area is 106 Å². The van der Waals surface area contributed by atoms with E-state index >= 15 is 0 Å². The van der Waals surface area contributed by atoms with Crippen molar-refractivity contribution in [2.24, 2.45) is 11.8 Å². The Hall–Kier alpha value is -0.600. The van der Waals surface area contributed by atoms with E-state index in [2.05, 4.69) is 0 Å². The standard InChI is InChI=1S/C14H16ClFO/c15-12-4-2-10(13(16)6-12)8-14(17)7-9-1-3-11(14)5-9/h2,4,6,9,11,17H,1,3,5,7-8H2. The molecule has 2 bridgehead atoms. The zero-order chi connectivity index (χ0) is 12.0. The van der Waals surface area contributed by atoms with Gasteiger partial charge in [0.25, 0.3) is 0 Å². The molecule has 0 aromatic heterocycles. The first kappa shape index (κ1) is 11.5. The zero-order valence-corrected chi connectivity index (χ0v) is 10.4. The van der Waals surface area contributed by atoms with Gasteiger partial charge in [0.2, 0.25) is 0 Å². The van der Waals surface area contributed by atoms with Gasteiger partial charge in [-0.25, -0.2) is 4.39 Å². The molecule has 2 saturated carbocycles. The number of rotatable bonds is 2. The minimum atomic E-state index is -0.683. The maximum atomic E-state index is 13.7. The molecule has 1 nitrogen and oxygen atoms in total. The summed E-state index contributed by atoms with van der Waals surface area (Å²) < 4.78 is 13.7. The van der Waals surface area contributed by atoms with E-state index in [-0.39, 0.29) is 5.82 Å². The van der Waals surface area contributed by atoms with Gasteiger partial charge in [0, 0.05) is 11.4 Å². The monoisotopic (exact) mass is 254 g/mol. The minimum Gasteiger partial charge on any atom is -0.389 e. The van der Waals surface area contributed by atoms with Crippen LogP contribution in [-0.2, 0) is 6.42 Å². The van der Waals surface area contributed by atoms with Crippen LogP contribution in [0.2, 0.25) is 5.02 Å². The van der Waals surface area contributed by atoms with Crippen LogP contribution in [-0.4, -0.2) is 10.7 Å². The average molecular weight is 255 g/mol. The predicted molar refractivity (Wildman–Crippen MR) is 65.5 cm³/mol. The molecule has 2 aliphatic rings. The van der Waals surface area contributed by atoms with Crippen molar-refractivity contribution in [3.63, 3.8) is 0 Å². The Morgan fingerprint density at radius 3 is 2.82 bits per heavy atom. The summed E-state index contributed by atoms with van der Waals surface area (Å²) in [7, 11) is 0. The first-order chi connectivity index (χ1) is 8.07. The summed E-state index contributed by atoms with van der Waals surface area (Å²) in [6.07, 6.45) is 4.70. The van der Waals surface area contributed by atoms with Crippen LogP contribution in [0.15, 0.2) is 18.2 Å². The smallest absolute Gasteiger partial charge is 0.127 e. The highest BCUT2D eigenvalue weighted by Gasteiger charge is 2.49. The lowest BCUT2D eigenvalue weighted by molar-refractivity contribution is -0.0131. The lowest BCUT2D eigenvalue weighted by Crippen LogP contribution is -2.37. The number of fused-ring (bicyclic) bond motifs is 2. The molecule has 0 radical (unpaired) electrons. The van der Waals surface area contributed by atoms with E-state index in [1.165, 1.54) is 12.5 Å². The summed E-state index contributed by atoms with van der Waals surface area (Å²) in [5, 5.41) is 11.0. The zero-order valence-electron chi connectivity index (χ0n) is 9.63. The molecule has 3 rings (SSSR count). The van der Waals surface area contributed by atoms with E-state index in [1.807, 2.05) is 0 Å². The van der Waals surface area contributed by atoms with E-state index < -0.39 is 5.60 Å². The predicted octanol–water partition coefficient (Wildman–Crippen LogP) is 3.57. The number of halogens is 2. The Bertz CT molecular complexity index is 448. The van der Waals surface area contributed by atoms with E-state index in [9.17, 15) is 9.50 Å². The summed E-state index contributed by atoms with van der Waals surface area (Å²) in [4.78, 5) is 0. The van der Waals surface area contributed by atoms with Crippen LogP contribution >= 0.6 is 11.6 Å². The van der Waals surface area contributed by atoms with E-state index in [4.69, 9.17) is 11.6 Å². The van der Waals surface area contributed by atoms with Gasteiger partial charge in [-0.1, -0.05) is 17.7 Å². The van der Waals surface area contributed by atoms with Crippen molar-refractivity contribution in [2.75, 3.05) is 0 Å². The molecule has 0 heterocycles. The molecule has 3 unspecified atom stereocenters. The Morgan fingerprint density at radius 1 is 1.41 bits per heavy atom. The van der Waals surface area contributed by atoms with Crippen molar-refractivity contribution in [2.45, 2.75) is 37.7 Å². The molecule has 0 spiro atoms. The second-order valence-corrected chi connectivity index (χ2v) is 6.03. The van der Waals surface area contributed by atoms with Crippen LogP contribution in [0.1, 0.15) is 31.2 Å². The Balaban J connectivity index is 1.83. The topological polar surface area (TPSA) is 20.2 Å².